The van der Waals surface area contributed by atoms with Crippen molar-refractivity contribution in [2.75, 3.05) is 39.3 Å². The molecule has 3 aliphatic heterocycles. The summed E-state index contributed by atoms with van der Waals surface area (Å²) in [6, 6.07) is 6.70. The number of carbonyl (C=O) groups excluding carboxylic acids is 1. The Hall–Kier alpha value is -1.44. The van der Waals surface area contributed by atoms with Gasteiger partial charge < -0.3 is 9.80 Å². The normalized spacial score (nSPS) is 26.9. The number of likely N-dealkylation sites (tertiary alicyclic amines) is 2. The van der Waals surface area contributed by atoms with Crippen LogP contribution in [0, 0.1) is 11.8 Å². The smallest absolute Gasteiger partial charge is 0.253 e. The van der Waals surface area contributed by atoms with Crippen LogP contribution in [0.1, 0.15) is 69.2 Å². The SMILES string of the molecule is CC1CCN(CC2CCCN(C(=O)c3cccc(S(=O)(=O)N4CCCCC4C)c3)C2)CC1. The van der Waals surface area contributed by atoms with Crippen LogP contribution in [0.15, 0.2) is 29.2 Å². The first-order chi connectivity index (χ1) is 15.3. The number of rotatable bonds is 5. The molecule has 3 aliphatic rings. The first-order valence-corrected chi connectivity index (χ1v) is 13.9. The third-order valence-corrected chi connectivity index (χ3v) is 9.64. The number of benzene rings is 1. The number of amides is 1. The maximum Gasteiger partial charge on any atom is 0.253 e. The summed E-state index contributed by atoms with van der Waals surface area (Å²) in [4.78, 5) is 18.0. The van der Waals surface area contributed by atoms with Crippen LogP contribution in [-0.4, -0.2) is 73.7 Å². The molecular formula is C25H39N3O3S. The largest absolute Gasteiger partial charge is 0.338 e. The summed E-state index contributed by atoms with van der Waals surface area (Å²) in [5.41, 5.74) is 0.489. The molecule has 0 saturated carbocycles. The average Bonchev–Trinajstić information content (AvgIpc) is 2.80. The van der Waals surface area contributed by atoms with Crippen molar-refractivity contribution in [3.63, 3.8) is 0 Å². The highest BCUT2D eigenvalue weighted by Crippen LogP contribution is 2.27. The molecular weight excluding hydrogens is 422 g/mol. The first-order valence-electron chi connectivity index (χ1n) is 12.5. The zero-order valence-electron chi connectivity index (χ0n) is 19.7. The fraction of sp³-hybridized carbons (Fsp3) is 0.720. The molecule has 3 saturated heterocycles. The van der Waals surface area contributed by atoms with E-state index in [-0.39, 0.29) is 16.8 Å². The van der Waals surface area contributed by atoms with E-state index in [1.165, 1.54) is 25.9 Å². The van der Waals surface area contributed by atoms with E-state index in [9.17, 15) is 13.2 Å². The lowest BCUT2D eigenvalue weighted by atomic mass is 9.94. The van der Waals surface area contributed by atoms with Crippen LogP contribution in [0.3, 0.4) is 0 Å². The molecule has 32 heavy (non-hydrogen) atoms. The minimum absolute atomic E-state index is 0.00809. The van der Waals surface area contributed by atoms with E-state index in [1.807, 2.05) is 11.8 Å². The van der Waals surface area contributed by atoms with Gasteiger partial charge in [-0.25, -0.2) is 8.42 Å². The number of hydrogen-bond acceptors (Lipinski definition) is 4. The van der Waals surface area contributed by atoms with E-state index in [0.29, 0.717) is 18.0 Å². The van der Waals surface area contributed by atoms with Gasteiger partial charge in [-0.2, -0.15) is 4.31 Å². The minimum atomic E-state index is -3.58. The van der Waals surface area contributed by atoms with Crippen molar-refractivity contribution < 1.29 is 13.2 Å². The Morgan fingerprint density at radius 2 is 1.75 bits per heavy atom. The molecule has 7 heteroatoms. The standard InChI is InChI=1S/C25H39N3O3S/c1-20-11-15-26(16-12-20)18-22-8-6-13-27(19-22)25(29)23-9-5-10-24(17-23)32(30,31)28-14-4-3-7-21(28)2/h5,9-10,17,20-22H,3-4,6-8,11-16,18-19H2,1-2H3. The average molecular weight is 462 g/mol. The number of sulfonamides is 1. The monoisotopic (exact) mass is 461 g/mol. The van der Waals surface area contributed by atoms with Crippen molar-refractivity contribution in [1.82, 2.24) is 14.1 Å². The van der Waals surface area contributed by atoms with Gasteiger partial charge in [0.05, 0.1) is 4.90 Å². The van der Waals surface area contributed by atoms with E-state index in [1.54, 1.807) is 28.6 Å². The van der Waals surface area contributed by atoms with E-state index in [4.69, 9.17) is 0 Å². The van der Waals surface area contributed by atoms with Crippen LogP contribution in [0.5, 0.6) is 0 Å². The van der Waals surface area contributed by atoms with E-state index in [2.05, 4.69) is 11.8 Å². The molecule has 178 valence electrons. The summed E-state index contributed by atoms with van der Waals surface area (Å²) >= 11 is 0. The minimum Gasteiger partial charge on any atom is -0.338 e. The highest BCUT2D eigenvalue weighted by atomic mass is 32.2. The quantitative estimate of drug-likeness (QED) is 0.669. The summed E-state index contributed by atoms with van der Waals surface area (Å²) in [5, 5.41) is 0. The van der Waals surface area contributed by atoms with Crippen molar-refractivity contribution >= 4 is 15.9 Å². The predicted octanol–water partition coefficient (Wildman–Crippen LogP) is 3.83. The molecule has 1 aromatic rings. The highest BCUT2D eigenvalue weighted by molar-refractivity contribution is 7.89. The maximum absolute atomic E-state index is 13.3. The number of piperidine rings is 3. The second kappa shape index (κ2) is 10.2. The third-order valence-electron chi connectivity index (χ3n) is 7.63. The van der Waals surface area contributed by atoms with Gasteiger partial charge in [-0.1, -0.05) is 19.4 Å². The molecule has 4 rings (SSSR count). The number of carbonyl (C=O) groups is 1. The zero-order valence-corrected chi connectivity index (χ0v) is 20.5. The van der Waals surface area contributed by atoms with Gasteiger partial charge in [0, 0.05) is 37.8 Å². The summed E-state index contributed by atoms with van der Waals surface area (Å²) in [6.45, 7) is 9.79. The van der Waals surface area contributed by atoms with E-state index in [0.717, 1.165) is 57.7 Å². The predicted molar refractivity (Wildman–Crippen MR) is 127 cm³/mol. The van der Waals surface area contributed by atoms with Gasteiger partial charge in [0.2, 0.25) is 10.0 Å². The fourth-order valence-corrected chi connectivity index (χ4v) is 7.29. The summed E-state index contributed by atoms with van der Waals surface area (Å²) in [7, 11) is -3.58. The van der Waals surface area contributed by atoms with Gasteiger partial charge in [0.15, 0.2) is 0 Å². The lowest BCUT2D eigenvalue weighted by Gasteiger charge is -2.38. The van der Waals surface area contributed by atoms with Gasteiger partial charge in [-0.05, 0) is 88.6 Å². The second-order valence-electron chi connectivity index (χ2n) is 10.2. The Kier molecular flexibility index (Phi) is 7.58. The van der Waals surface area contributed by atoms with Crippen molar-refractivity contribution in [2.24, 2.45) is 11.8 Å². The van der Waals surface area contributed by atoms with Gasteiger partial charge in [0.25, 0.3) is 5.91 Å². The van der Waals surface area contributed by atoms with Crippen molar-refractivity contribution in [3.8, 4) is 0 Å². The summed E-state index contributed by atoms with van der Waals surface area (Å²) < 4.78 is 28.1. The molecule has 0 radical (unpaired) electrons. The molecule has 2 unspecified atom stereocenters. The number of hydrogen-bond donors (Lipinski definition) is 0. The Morgan fingerprint density at radius 3 is 2.50 bits per heavy atom. The second-order valence-corrected chi connectivity index (χ2v) is 12.1. The molecule has 2 atom stereocenters. The molecule has 1 amide bonds. The molecule has 1 aromatic carbocycles. The van der Waals surface area contributed by atoms with Gasteiger partial charge in [-0.3, -0.25) is 4.79 Å². The molecule has 0 aliphatic carbocycles. The summed E-state index contributed by atoms with van der Waals surface area (Å²) in [6.07, 6.45) is 7.58. The summed E-state index contributed by atoms with van der Waals surface area (Å²) in [5.74, 6) is 1.29. The molecule has 0 bridgehead atoms. The van der Waals surface area contributed by atoms with Crippen LogP contribution in [-0.2, 0) is 10.0 Å². The molecule has 3 heterocycles. The lowest BCUT2D eigenvalue weighted by molar-refractivity contribution is 0.0622. The van der Waals surface area contributed by atoms with Gasteiger partial charge in [-0.15, -0.1) is 0 Å². The Bertz CT molecular complexity index is 895. The topological polar surface area (TPSA) is 60.9 Å². The van der Waals surface area contributed by atoms with Gasteiger partial charge in [0.1, 0.15) is 0 Å². The number of nitrogens with zero attached hydrogens (tertiary/aromatic N) is 3. The van der Waals surface area contributed by atoms with Crippen LogP contribution >= 0.6 is 0 Å². The Morgan fingerprint density at radius 1 is 0.969 bits per heavy atom. The van der Waals surface area contributed by atoms with Crippen LogP contribution < -0.4 is 0 Å². The van der Waals surface area contributed by atoms with E-state index >= 15 is 0 Å². The molecule has 0 spiro atoms. The highest BCUT2D eigenvalue weighted by Gasteiger charge is 2.32. The molecule has 6 nitrogen and oxygen atoms in total. The van der Waals surface area contributed by atoms with Crippen molar-refractivity contribution in [2.45, 2.75) is 69.7 Å². The Balaban J connectivity index is 1.43. The van der Waals surface area contributed by atoms with Crippen molar-refractivity contribution in [3.05, 3.63) is 29.8 Å². The fourth-order valence-electron chi connectivity index (χ4n) is 5.54. The van der Waals surface area contributed by atoms with Crippen molar-refractivity contribution in [1.29, 1.82) is 0 Å². The van der Waals surface area contributed by atoms with Crippen LogP contribution in [0.2, 0.25) is 0 Å². The molecule has 0 aromatic heterocycles. The molecule has 3 fully saturated rings. The van der Waals surface area contributed by atoms with Crippen LogP contribution in [0.25, 0.3) is 0 Å². The van der Waals surface area contributed by atoms with Crippen LogP contribution in [0.4, 0.5) is 0 Å². The van der Waals surface area contributed by atoms with Gasteiger partial charge >= 0.3 is 0 Å². The zero-order chi connectivity index (χ0) is 22.7. The third kappa shape index (κ3) is 5.37. The Labute approximate surface area is 194 Å². The van der Waals surface area contributed by atoms with E-state index < -0.39 is 10.0 Å². The first kappa shape index (κ1) is 23.7. The maximum atomic E-state index is 13.3. The molecule has 0 N–H and O–H groups in total. The lowest BCUT2D eigenvalue weighted by Crippen LogP contribution is -2.45.